The molecule has 5 nitrogen and oxygen atoms in total. The molecule has 92 valence electrons. The fourth-order valence-electron chi connectivity index (χ4n) is 1.27. The Kier molecular flexibility index (Phi) is 5.16. The van der Waals surface area contributed by atoms with E-state index in [1.54, 1.807) is 0 Å². The van der Waals surface area contributed by atoms with Crippen molar-refractivity contribution in [2.45, 2.75) is 12.5 Å². The summed E-state index contributed by atoms with van der Waals surface area (Å²) in [6.45, 7) is -0.141. The third kappa shape index (κ3) is 4.65. The van der Waals surface area contributed by atoms with Crippen molar-refractivity contribution in [3.8, 4) is 0 Å². The number of nitrogens with one attached hydrogen (secondary N) is 1. The molecule has 1 amide bonds. The molecule has 1 aromatic rings. The lowest BCUT2D eigenvalue weighted by Crippen LogP contribution is -2.37. The largest absolute Gasteiger partial charge is 0.467 e. The van der Waals surface area contributed by atoms with E-state index < -0.39 is 12.1 Å². The van der Waals surface area contributed by atoms with Gasteiger partial charge in [-0.25, -0.2) is 4.79 Å². The van der Waals surface area contributed by atoms with Gasteiger partial charge in [0.1, 0.15) is 0 Å². The number of carbonyl (C=O) groups is 2. The van der Waals surface area contributed by atoms with E-state index in [0.29, 0.717) is 0 Å². The molecule has 0 aliphatic carbocycles. The van der Waals surface area contributed by atoms with Gasteiger partial charge in [-0.3, -0.25) is 4.79 Å². The molecule has 0 saturated carbocycles. The molecule has 1 atom stereocenters. The minimum absolute atomic E-state index is 0.141. The summed E-state index contributed by atoms with van der Waals surface area (Å²) >= 11 is 0. The van der Waals surface area contributed by atoms with Gasteiger partial charge in [0.15, 0.2) is 6.10 Å². The van der Waals surface area contributed by atoms with Crippen molar-refractivity contribution in [1.82, 2.24) is 5.32 Å². The Morgan fingerprint density at radius 3 is 2.59 bits per heavy atom. The Hall–Kier alpha value is -1.88. The Morgan fingerprint density at radius 1 is 1.35 bits per heavy atom. The predicted octanol–water partition coefficient (Wildman–Crippen LogP) is -0.121. The normalized spacial score (nSPS) is 11.6. The Balaban J connectivity index is 2.33. The summed E-state index contributed by atoms with van der Waals surface area (Å²) in [4.78, 5) is 22.3. The molecule has 0 aliphatic heterocycles. The zero-order chi connectivity index (χ0) is 12.7. The van der Waals surface area contributed by atoms with E-state index in [2.05, 4.69) is 10.1 Å². The highest BCUT2D eigenvalue weighted by Gasteiger charge is 2.15. The van der Waals surface area contributed by atoms with Gasteiger partial charge < -0.3 is 15.2 Å². The van der Waals surface area contributed by atoms with Crippen LogP contribution < -0.4 is 5.32 Å². The van der Waals surface area contributed by atoms with Crippen molar-refractivity contribution in [2.24, 2.45) is 0 Å². The summed E-state index contributed by atoms with van der Waals surface area (Å²) < 4.78 is 4.32. The molecular formula is C12H15NO4. The van der Waals surface area contributed by atoms with Crippen LogP contribution >= 0.6 is 0 Å². The summed E-state index contributed by atoms with van der Waals surface area (Å²) in [5.41, 5.74) is 0.873. The molecule has 5 heteroatoms. The molecule has 1 unspecified atom stereocenters. The number of hydrogen-bond donors (Lipinski definition) is 2. The number of aliphatic hydroxyl groups excluding tert-OH is 1. The smallest absolute Gasteiger partial charge is 0.336 e. The van der Waals surface area contributed by atoms with Crippen LogP contribution in [0.3, 0.4) is 0 Å². The van der Waals surface area contributed by atoms with Crippen LogP contribution in [0.2, 0.25) is 0 Å². The van der Waals surface area contributed by atoms with Crippen LogP contribution in [-0.2, 0) is 20.7 Å². The fraction of sp³-hybridized carbons (Fsp3) is 0.333. The molecule has 1 rings (SSSR count). The van der Waals surface area contributed by atoms with Gasteiger partial charge >= 0.3 is 5.97 Å². The van der Waals surface area contributed by atoms with E-state index in [9.17, 15) is 14.7 Å². The van der Waals surface area contributed by atoms with Crippen LogP contribution in [0.1, 0.15) is 5.56 Å². The van der Waals surface area contributed by atoms with E-state index in [4.69, 9.17) is 0 Å². The van der Waals surface area contributed by atoms with Crippen molar-refractivity contribution >= 4 is 11.9 Å². The van der Waals surface area contributed by atoms with Gasteiger partial charge in [-0.05, 0) is 5.56 Å². The second-order valence-corrected chi connectivity index (χ2v) is 3.51. The van der Waals surface area contributed by atoms with Gasteiger partial charge in [-0.15, -0.1) is 0 Å². The molecule has 17 heavy (non-hydrogen) atoms. The van der Waals surface area contributed by atoms with Gasteiger partial charge in [0.05, 0.1) is 20.1 Å². The Bertz CT molecular complexity index is 377. The summed E-state index contributed by atoms with van der Waals surface area (Å²) in [6, 6.07) is 9.20. The van der Waals surface area contributed by atoms with Gasteiger partial charge in [-0.2, -0.15) is 0 Å². The summed E-state index contributed by atoms with van der Waals surface area (Å²) in [5, 5.41) is 11.7. The van der Waals surface area contributed by atoms with Gasteiger partial charge in [0.2, 0.25) is 5.91 Å². The van der Waals surface area contributed by atoms with E-state index >= 15 is 0 Å². The van der Waals surface area contributed by atoms with Crippen LogP contribution in [0.4, 0.5) is 0 Å². The summed E-state index contributed by atoms with van der Waals surface area (Å²) in [5.74, 6) is -1.01. The van der Waals surface area contributed by atoms with Gasteiger partial charge in [0.25, 0.3) is 0 Å². The molecule has 0 bridgehead atoms. The van der Waals surface area contributed by atoms with Crippen LogP contribution in [-0.4, -0.2) is 36.7 Å². The topological polar surface area (TPSA) is 75.6 Å². The van der Waals surface area contributed by atoms with Gasteiger partial charge in [0, 0.05) is 0 Å². The number of methoxy groups -OCH3 is 1. The summed E-state index contributed by atoms with van der Waals surface area (Å²) in [7, 11) is 1.18. The van der Waals surface area contributed by atoms with Crippen LogP contribution in [0.25, 0.3) is 0 Å². The molecule has 0 aliphatic rings. The number of esters is 1. The maximum Gasteiger partial charge on any atom is 0.336 e. The first-order valence-corrected chi connectivity index (χ1v) is 5.20. The molecule has 0 radical (unpaired) electrons. The van der Waals surface area contributed by atoms with Crippen LogP contribution in [0, 0.1) is 0 Å². The van der Waals surface area contributed by atoms with Crippen molar-refractivity contribution in [3.63, 3.8) is 0 Å². The molecule has 0 spiro atoms. The molecule has 0 fully saturated rings. The van der Waals surface area contributed by atoms with Crippen molar-refractivity contribution in [3.05, 3.63) is 35.9 Å². The lowest BCUT2D eigenvalue weighted by atomic mass is 10.1. The highest BCUT2D eigenvalue weighted by molar-refractivity contribution is 5.80. The average Bonchev–Trinajstić information content (AvgIpc) is 2.36. The van der Waals surface area contributed by atoms with Crippen molar-refractivity contribution in [2.75, 3.05) is 13.7 Å². The van der Waals surface area contributed by atoms with E-state index in [1.807, 2.05) is 30.3 Å². The molecule has 0 saturated heterocycles. The third-order valence-electron chi connectivity index (χ3n) is 2.17. The number of carbonyl (C=O) groups excluding carboxylic acids is 2. The zero-order valence-corrected chi connectivity index (χ0v) is 9.55. The minimum Gasteiger partial charge on any atom is -0.467 e. The molecule has 1 aromatic carbocycles. The monoisotopic (exact) mass is 237 g/mol. The van der Waals surface area contributed by atoms with Crippen molar-refractivity contribution in [1.29, 1.82) is 0 Å². The second kappa shape index (κ2) is 6.65. The maximum atomic E-state index is 11.5. The Morgan fingerprint density at radius 2 is 2.00 bits per heavy atom. The second-order valence-electron chi connectivity index (χ2n) is 3.51. The number of ether oxygens (including phenoxy) is 1. The first kappa shape index (κ1) is 13.2. The number of rotatable bonds is 5. The lowest BCUT2D eigenvalue weighted by molar-refractivity contribution is -0.150. The number of benzene rings is 1. The van der Waals surface area contributed by atoms with E-state index in [1.165, 1.54) is 7.11 Å². The lowest BCUT2D eigenvalue weighted by Gasteiger charge is -2.09. The SMILES string of the molecule is COC(=O)C(O)CNC(=O)Cc1ccccc1. The quantitative estimate of drug-likeness (QED) is 0.700. The number of amides is 1. The van der Waals surface area contributed by atoms with E-state index in [-0.39, 0.29) is 18.9 Å². The first-order valence-electron chi connectivity index (χ1n) is 5.20. The minimum atomic E-state index is -1.32. The fourth-order valence-corrected chi connectivity index (χ4v) is 1.27. The first-order chi connectivity index (χ1) is 8.13. The van der Waals surface area contributed by atoms with Crippen molar-refractivity contribution < 1.29 is 19.4 Å². The standard InChI is InChI=1S/C12H15NO4/c1-17-12(16)10(14)8-13-11(15)7-9-5-3-2-4-6-9/h2-6,10,14H,7-8H2,1H3,(H,13,15). The number of aliphatic hydroxyl groups is 1. The predicted molar refractivity (Wildman–Crippen MR) is 61.2 cm³/mol. The van der Waals surface area contributed by atoms with Crippen LogP contribution in [0.15, 0.2) is 30.3 Å². The van der Waals surface area contributed by atoms with Gasteiger partial charge in [-0.1, -0.05) is 30.3 Å². The number of hydrogen-bond acceptors (Lipinski definition) is 4. The maximum absolute atomic E-state index is 11.5. The average molecular weight is 237 g/mol. The van der Waals surface area contributed by atoms with Crippen LogP contribution in [0.5, 0.6) is 0 Å². The molecular weight excluding hydrogens is 222 g/mol. The molecule has 0 heterocycles. The summed E-state index contributed by atoms with van der Waals surface area (Å²) in [6.07, 6.45) is -1.10. The highest BCUT2D eigenvalue weighted by Crippen LogP contribution is 1.99. The van der Waals surface area contributed by atoms with E-state index in [0.717, 1.165) is 5.56 Å². The molecule has 0 aromatic heterocycles. The third-order valence-corrected chi connectivity index (χ3v) is 2.17. The highest BCUT2D eigenvalue weighted by atomic mass is 16.5. The molecule has 2 N–H and O–H groups in total. The Labute approximate surface area is 99.4 Å². The zero-order valence-electron chi connectivity index (χ0n) is 9.55.